The first kappa shape index (κ1) is 17.4. The summed E-state index contributed by atoms with van der Waals surface area (Å²) >= 11 is 6.59. The molecule has 0 unspecified atom stereocenters. The Morgan fingerprint density at radius 2 is 2.04 bits per heavy atom. The smallest absolute Gasteiger partial charge is 0.138 e. The van der Waals surface area contributed by atoms with Crippen LogP contribution < -0.4 is 10.1 Å². The highest BCUT2D eigenvalue weighted by molar-refractivity contribution is 6.39. The Bertz CT molecular complexity index is 924. The van der Waals surface area contributed by atoms with Crippen molar-refractivity contribution >= 4 is 33.5 Å². The second-order valence-corrected chi connectivity index (χ2v) is 6.10. The van der Waals surface area contributed by atoms with Crippen molar-refractivity contribution in [1.82, 2.24) is 5.32 Å². The topological polar surface area (TPSA) is 34.4 Å². The van der Waals surface area contributed by atoms with Gasteiger partial charge in [0.1, 0.15) is 16.9 Å². The molecule has 0 amide bonds. The predicted octanol–water partition coefficient (Wildman–Crippen LogP) is 6.08. The molecule has 1 heterocycles. The molecule has 2 aromatic carbocycles. The third-order valence-corrected chi connectivity index (χ3v) is 4.44. The maximum absolute atomic E-state index is 6.59. The molecule has 25 heavy (non-hydrogen) atoms. The maximum atomic E-state index is 6.59. The number of furan rings is 1. The number of allylic oxidation sites excluding steroid dienone is 3. The zero-order valence-corrected chi connectivity index (χ0v) is 15.3. The van der Waals surface area contributed by atoms with Crippen LogP contribution in [0, 0.1) is 0 Å². The van der Waals surface area contributed by atoms with Crippen LogP contribution in [0.2, 0.25) is 5.02 Å². The van der Waals surface area contributed by atoms with Gasteiger partial charge in [-0.2, -0.15) is 0 Å². The van der Waals surface area contributed by atoms with Gasteiger partial charge in [-0.25, -0.2) is 0 Å². The number of ether oxygens (including phenoxy) is 1. The summed E-state index contributed by atoms with van der Waals surface area (Å²) in [5.74, 6) is 0.681. The minimum Gasteiger partial charge on any atom is -0.492 e. The van der Waals surface area contributed by atoms with E-state index >= 15 is 0 Å². The Labute approximate surface area is 152 Å². The quantitative estimate of drug-likeness (QED) is 0.521. The number of para-hydroxylation sites is 1. The van der Waals surface area contributed by atoms with E-state index in [9.17, 15) is 0 Å². The number of hydrogen-bond donors (Lipinski definition) is 1. The lowest BCUT2D eigenvalue weighted by Gasteiger charge is -2.10. The maximum Gasteiger partial charge on any atom is 0.138 e. The molecule has 0 saturated carbocycles. The standard InChI is InChI=1S/C21H22ClNO2/c1-3-4-5-8-15(23-2)13-14-24-19-12-11-18-20(21(19)22)16-9-6-7-10-17(16)25-18/h4-12,23H,3,13-14H2,1-2H3/b5-4-,15-8+. The summed E-state index contributed by atoms with van der Waals surface area (Å²) in [6, 6.07) is 11.7. The molecule has 0 aliphatic carbocycles. The predicted molar refractivity (Wildman–Crippen MR) is 105 cm³/mol. The molecule has 0 saturated heterocycles. The van der Waals surface area contributed by atoms with Crippen LogP contribution in [0.1, 0.15) is 19.8 Å². The Morgan fingerprint density at radius 3 is 2.84 bits per heavy atom. The summed E-state index contributed by atoms with van der Waals surface area (Å²) < 4.78 is 11.8. The minimum absolute atomic E-state index is 0.549. The number of fused-ring (bicyclic) bond motifs is 3. The van der Waals surface area contributed by atoms with Crippen molar-refractivity contribution in [1.29, 1.82) is 0 Å². The fourth-order valence-corrected chi connectivity index (χ4v) is 3.06. The third kappa shape index (κ3) is 3.83. The van der Waals surface area contributed by atoms with Crippen LogP contribution in [0.25, 0.3) is 21.9 Å². The van der Waals surface area contributed by atoms with E-state index in [0.29, 0.717) is 17.4 Å². The van der Waals surface area contributed by atoms with Gasteiger partial charge in [0.25, 0.3) is 0 Å². The van der Waals surface area contributed by atoms with Crippen LogP contribution in [-0.2, 0) is 0 Å². The Morgan fingerprint density at radius 1 is 1.20 bits per heavy atom. The van der Waals surface area contributed by atoms with E-state index in [2.05, 4.69) is 30.5 Å². The van der Waals surface area contributed by atoms with Gasteiger partial charge >= 0.3 is 0 Å². The lowest BCUT2D eigenvalue weighted by Crippen LogP contribution is -2.10. The molecule has 0 radical (unpaired) electrons. The number of benzene rings is 2. The SMILES string of the molecule is CC/C=C\C=C(/CCOc1ccc2oc3ccccc3c2c1Cl)NC. The normalized spacial score (nSPS) is 12.4. The van der Waals surface area contributed by atoms with Crippen molar-refractivity contribution in [2.24, 2.45) is 0 Å². The van der Waals surface area contributed by atoms with E-state index in [1.807, 2.05) is 43.4 Å². The lowest BCUT2D eigenvalue weighted by atomic mass is 10.1. The highest BCUT2D eigenvalue weighted by atomic mass is 35.5. The molecule has 0 aliphatic heterocycles. The van der Waals surface area contributed by atoms with Gasteiger partial charge < -0.3 is 14.5 Å². The molecule has 3 nitrogen and oxygen atoms in total. The number of nitrogens with one attached hydrogen (secondary N) is 1. The zero-order valence-electron chi connectivity index (χ0n) is 14.5. The molecule has 0 atom stereocenters. The molecular formula is C21H22ClNO2. The fraction of sp³-hybridized carbons (Fsp3) is 0.238. The molecule has 1 N–H and O–H groups in total. The minimum atomic E-state index is 0.549. The van der Waals surface area contributed by atoms with Crippen LogP contribution in [0.4, 0.5) is 0 Å². The second kappa shape index (κ2) is 8.13. The van der Waals surface area contributed by atoms with Gasteiger partial charge in [-0.05, 0) is 30.7 Å². The van der Waals surface area contributed by atoms with E-state index in [0.717, 1.165) is 40.5 Å². The summed E-state index contributed by atoms with van der Waals surface area (Å²) in [6.45, 7) is 2.66. The lowest BCUT2D eigenvalue weighted by molar-refractivity contribution is 0.320. The van der Waals surface area contributed by atoms with Gasteiger partial charge in [0.2, 0.25) is 0 Å². The first-order valence-corrected chi connectivity index (χ1v) is 8.88. The van der Waals surface area contributed by atoms with Gasteiger partial charge in [0, 0.05) is 24.6 Å². The average molecular weight is 356 g/mol. The van der Waals surface area contributed by atoms with Gasteiger partial charge in [-0.15, -0.1) is 0 Å². The van der Waals surface area contributed by atoms with Crippen molar-refractivity contribution < 1.29 is 9.15 Å². The molecule has 4 heteroatoms. The van der Waals surface area contributed by atoms with Crippen LogP contribution in [0.3, 0.4) is 0 Å². The number of rotatable bonds is 7. The van der Waals surface area contributed by atoms with Crippen molar-refractivity contribution in [3.63, 3.8) is 0 Å². The van der Waals surface area contributed by atoms with Crippen molar-refractivity contribution in [3.05, 3.63) is 65.3 Å². The Hall–Kier alpha value is -2.39. The van der Waals surface area contributed by atoms with Gasteiger partial charge in [0.05, 0.1) is 17.0 Å². The average Bonchev–Trinajstić information content (AvgIpc) is 3.01. The summed E-state index contributed by atoms with van der Waals surface area (Å²) in [5.41, 5.74) is 2.73. The molecule has 3 rings (SSSR count). The van der Waals surface area contributed by atoms with E-state index in [1.165, 1.54) is 0 Å². The van der Waals surface area contributed by atoms with Gasteiger partial charge in [0.15, 0.2) is 0 Å². The largest absolute Gasteiger partial charge is 0.492 e. The van der Waals surface area contributed by atoms with Crippen LogP contribution >= 0.6 is 11.6 Å². The van der Waals surface area contributed by atoms with Crippen LogP contribution in [0.15, 0.2) is 64.7 Å². The summed E-state index contributed by atoms with van der Waals surface area (Å²) in [4.78, 5) is 0. The fourth-order valence-electron chi connectivity index (χ4n) is 2.75. The molecule has 3 aromatic rings. The third-order valence-electron chi connectivity index (χ3n) is 4.06. The molecule has 0 fully saturated rings. The first-order valence-electron chi connectivity index (χ1n) is 8.50. The Balaban J connectivity index is 1.78. The summed E-state index contributed by atoms with van der Waals surface area (Å²) in [6.07, 6.45) is 8.06. The van der Waals surface area contributed by atoms with Gasteiger partial charge in [-0.1, -0.05) is 48.9 Å². The number of hydrogen-bond acceptors (Lipinski definition) is 3. The summed E-state index contributed by atoms with van der Waals surface area (Å²) in [5, 5.41) is 5.71. The van der Waals surface area contributed by atoms with E-state index in [-0.39, 0.29) is 0 Å². The van der Waals surface area contributed by atoms with Crippen LogP contribution in [0.5, 0.6) is 5.75 Å². The number of halogens is 1. The zero-order chi connectivity index (χ0) is 17.6. The monoisotopic (exact) mass is 355 g/mol. The van der Waals surface area contributed by atoms with Crippen molar-refractivity contribution in [2.45, 2.75) is 19.8 Å². The van der Waals surface area contributed by atoms with E-state index in [4.69, 9.17) is 20.8 Å². The molecule has 1 aromatic heterocycles. The van der Waals surface area contributed by atoms with Crippen molar-refractivity contribution in [3.8, 4) is 5.75 Å². The first-order chi connectivity index (χ1) is 12.2. The van der Waals surface area contributed by atoms with E-state index < -0.39 is 0 Å². The molecule has 0 spiro atoms. The highest BCUT2D eigenvalue weighted by Gasteiger charge is 2.14. The summed E-state index contributed by atoms with van der Waals surface area (Å²) in [7, 11) is 1.92. The van der Waals surface area contributed by atoms with Crippen molar-refractivity contribution in [2.75, 3.05) is 13.7 Å². The highest BCUT2D eigenvalue weighted by Crippen LogP contribution is 2.39. The van der Waals surface area contributed by atoms with Gasteiger partial charge in [-0.3, -0.25) is 0 Å². The Kier molecular flexibility index (Phi) is 5.67. The second-order valence-electron chi connectivity index (χ2n) is 5.73. The molecular weight excluding hydrogens is 334 g/mol. The molecule has 0 aliphatic rings. The van der Waals surface area contributed by atoms with Crippen LogP contribution in [-0.4, -0.2) is 13.7 Å². The van der Waals surface area contributed by atoms with E-state index in [1.54, 1.807) is 0 Å². The molecule has 0 bridgehead atoms. The molecule has 130 valence electrons.